The van der Waals surface area contributed by atoms with Crippen molar-refractivity contribution < 1.29 is 68.4 Å². The number of rotatable bonds is 6. The lowest BCUT2D eigenvalue weighted by Gasteiger charge is -2.38. The minimum atomic E-state index is -2.06. The van der Waals surface area contributed by atoms with Crippen molar-refractivity contribution >= 4 is 40.0 Å². The molecule has 0 radical (unpaired) electrons. The fraction of sp³-hybridized carbons (Fsp3) is 0.512. The van der Waals surface area contributed by atoms with Gasteiger partial charge >= 0.3 is 11.8 Å². The second-order valence-electron chi connectivity index (χ2n) is 14.9. The second-order valence-corrected chi connectivity index (χ2v) is 14.9. The summed E-state index contributed by atoms with van der Waals surface area (Å²) in [6, 6.07) is 1.18. The number of methoxy groups -OCH3 is 1. The number of aliphatic hydroxyl groups excluding tert-OH is 3. The SMILES string of the molecule is CO[C@H]1/C=C/O[C@@]2(C)Oc3c(C)c(O)c4c(O)c(cc(OCC(=O)NC(C)O)c4c3C2=O)NC(=O)/C(C)=C\C=C\[C@@H](C)[C@@H](O)[C@@H](C)[C@H](O)[C@@H](C)[C@H](OC(C)=O)[C@@H]1C. The van der Waals surface area contributed by atoms with Crippen LogP contribution in [0.3, 0.4) is 0 Å². The molecule has 5 rings (SSSR count). The average molecular weight is 799 g/mol. The average Bonchev–Trinajstić information content (AvgIpc) is 3.41. The Morgan fingerprint density at radius 3 is 2.28 bits per heavy atom. The molecule has 16 heteroatoms. The molecule has 2 aromatic rings. The smallest absolute Gasteiger partial charge is 0.312 e. The van der Waals surface area contributed by atoms with Crippen LogP contribution in [-0.4, -0.2) is 99.2 Å². The van der Waals surface area contributed by atoms with Gasteiger partial charge in [0.1, 0.15) is 29.6 Å². The molecule has 0 aromatic heterocycles. The van der Waals surface area contributed by atoms with Crippen molar-refractivity contribution in [2.45, 2.75) is 98.7 Å². The monoisotopic (exact) mass is 798 g/mol. The molecule has 0 saturated carbocycles. The summed E-state index contributed by atoms with van der Waals surface area (Å²) in [5.74, 6) is -8.83. The maximum atomic E-state index is 14.4. The Morgan fingerprint density at radius 1 is 1.00 bits per heavy atom. The molecule has 0 fully saturated rings. The number of fused-ring (bicyclic) bond motifs is 14. The van der Waals surface area contributed by atoms with Crippen molar-refractivity contribution in [2.24, 2.45) is 23.7 Å². The van der Waals surface area contributed by atoms with Gasteiger partial charge in [0, 0.05) is 67.2 Å². The molecule has 0 spiro atoms. The third-order valence-corrected chi connectivity index (χ3v) is 10.6. The summed E-state index contributed by atoms with van der Waals surface area (Å²) in [5.41, 5.74) is -0.200. The number of hydrogen-bond acceptors (Lipinski definition) is 14. The van der Waals surface area contributed by atoms with E-state index in [1.54, 1.807) is 39.8 Å². The van der Waals surface area contributed by atoms with Crippen molar-refractivity contribution in [2.75, 3.05) is 19.0 Å². The van der Waals surface area contributed by atoms with Gasteiger partial charge in [0.2, 0.25) is 0 Å². The Kier molecular flexibility index (Phi) is 14.0. The van der Waals surface area contributed by atoms with E-state index in [1.807, 2.05) is 0 Å². The van der Waals surface area contributed by atoms with Gasteiger partial charge in [0.05, 0.1) is 41.2 Å². The molecular weight excluding hydrogens is 744 g/mol. The molecule has 2 aromatic carbocycles. The highest BCUT2D eigenvalue weighted by atomic mass is 16.7. The Morgan fingerprint density at radius 2 is 1.67 bits per heavy atom. The van der Waals surface area contributed by atoms with Crippen LogP contribution in [0, 0.1) is 30.6 Å². The summed E-state index contributed by atoms with van der Waals surface area (Å²) >= 11 is 0. The molecule has 0 aliphatic carbocycles. The maximum Gasteiger partial charge on any atom is 0.312 e. The Balaban J connectivity index is 1.93. The van der Waals surface area contributed by atoms with Crippen molar-refractivity contribution in [1.82, 2.24) is 5.32 Å². The number of carbonyl (C=O) groups excluding carboxylic acids is 4. The molecule has 57 heavy (non-hydrogen) atoms. The highest BCUT2D eigenvalue weighted by Crippen LogP contribution is 2.54. The minimum Gasteiger partial charge on any atom is -0.507 e. The lowest BCUT2D eigenvalue weighted by atomic mass is 9.78. The standard InChI is InChI=1S/C41H54N2O14/c1-18-12-11-13-19(2)40(52)43-26-16-28(54-17-29(46)42-24(7)44)30-31(36(26)50)35(49)23(6)38-32(30)39(51)41(9,57-38)55-15-14-27(53-10)20(3)37(56-25(8)45)22(5)34(48)21(4)33(18)47/h11-16,18,20-22,24,27,33-34,37,44,47-50H,17H2,1-10H3,(H,42,46)(H,43,52)/b12-11+,15-14+,19-13-/t18-,20-,21-,22-,24?,27+,33-,34+,37-,41+/m1/s1. The topological polar surface area (TPSA) is 240 Å². The summed E-state index contributed by atoms with van der Waals surface area (Å²) in [7, 11) is 1.42. The summed E-state index contributed by atoms with van der Waals surface area (Å²) in [4.78, 5) is 52.6. The number of aromatic hydroxyl groups is 2. The number of Topliss-reactive ketones (excluding diaryl/α,β-unsaturated/α-hetero) is 1. The fourth-order valence-electron chi connectivity index (χ4n) is 7.17. The number of amides is 2. The number of carbonyl (C=O) groups is 4. The number of anilines is 1. The predicted octanol–water partition coefficient (Wildman–Crippen LogP) is 3.88. The molecule has 3 aliphatic heterocycles. The minimum absolute atomic E-state index is 0.0381. The van der Waals surface area contributed by atoms with Crippen LogP contribution in [0.5, 0.6) is 23.0 Å². The zero-order chi connectivity index (χ0) is 42.7. The molecule has 2 amide bonds. The van der Waals surface area contributed by atoms with E-state index in [1.165, 1.54) is 66.2 Å². The lowest BCUT2D eigenvalue weighted by Crippen LogP contribution is -2.46. The van der Waals surface area contributed by atoms with Gasteiger partial charge in [-0.15, -0.1) is 0 Å². The van der Waals surface area contributed by atoms with Gasteiger partial charge in [0.15, 0.2) is 12.4 Å². The highest BCUT2D eigenvalue weighted by Gasteiger charge is 2.49. The largest absolute Gasteiger partial charge is 0.507 e. The molecule has 0 saturated heterocycles. The molecular formula is C41H54N2O14. The van der Waals surface area contributed by atoms with Gasteiger partial charge in [-0.25, -0.2) is 0 Å². The fourth-order valence-corrected chi connectivity index (χ4v) is 7.17. The van der Waals surface area contributed by atoms with Crippen molar-refractivity contribution in [3.8, 4) is 23.0 Å². The number of phenolic OH excluding ortho intramolecular Hbond substituents is 2. The summed E-state index contributed by atoms with van der Waals surface area (Å²) < 4.78 is 29.3. The molecule has 3 heterocycles. The van der Waals surface area contributed by atoms with Crippen LogP contribution in [0.4, 0.5) is 5.69 Å². The van der Waals surface area contributed by atoms with E-state index in [9.17, 15) is 44.7 Å². The number of hydrogen-bond donors (Lipinski definition) is 7. The number of allylic oxidation sites excluding steroid dienone is 2. The van der Waals surface area contributed by atoms with Crippen LogP contribution in [-0.2, 0) is 28.6 Å². The molecule has 7 N–H and O–H groups in total. The number of ketones is 1. The first-order valence-corrected chi connectivity index (χ1v) is 18.6. The zero-order valence-electron chi connectivity index (χ0n) is 33.8. The summed E-state index contributed by atoms with van der Waals surface area (Å²) in [6.45, 7) is 13.0. The van der Waals surface area contributed by atoms with Crippen molar-refractivity contribution in [3.63, 3.8) is 0 Å². The second kappa shape index (κ2) is 18.0. The van der Waals surface area contributed by atoms with Crippen LogP contribution in [0.1, 0.15) is 71.3 Å². The lowest BCUT2D eigenvalue weighted by molar-refractivity contribution is -0.160. The van der Waals surface area contributed by atoms with Gasteiger partial charge in [0.25, 0.3) is 17.6 Å². The maximum absolute atomic E-state index is 14.4. The summed E-state index contributed by atoms with van der Waals surface area (Å²) in [5, 5.41) is 59.9. The van der Waals surface area contributed by atoms with Gasteiger partial charge < -0.3 is 59.9 Å². The number of nitrogens with one attached hydrogen (secondary N) is 2. The summed E-state index contributed by atoms with van der Waals surface area (Å²) in [6.07, 6.45) is 2.19. The normalized spacial score (nSPS) is 31.0. The van der Waals surface area contributed by atoms with Gasteiger partial charge in [-0.1, -0.05) is 45.9 Å². The van der Waals surface area contributed by atoms with E-state index in [-0.39, 0.29) is 44.7 Å². The third-order valence-electron chi connectivity index (χ3n) is 10.6. The van der Waals surface area contributed by atoms with E-state index in [2.05, 4.69) is 10.6 Å². The van der Waals surface area contributed by atoms with Crippen molar-refractivity contribution in [1.29, 1.82) is 0 Å². The zero-order valence-corrected chi connectivity index (χ0v) is 33.8. The van der Waals surface area contributed by atoms with Crippen LogP contribution >= 0.6 is 0 Å². The molecule has 1 unspecified atom stereocenters. The Bertz CT molecular complexity index is 1970. The quantitative estimate of drug-likeness (QED) is 0.125. The van der Waals surface area contributed by atoms with Gasteiger partial charge in [-0.3, -0.25) is 19.2 Å². The number of aliphatic hydroxyl groups is 3. The first-order chi connectivity index (χ1) is 26.6. The van der Waals surface area contributed by atoms with Gasteiger partial charge in [-0.05, 0) is 26.8 Å². The Labute approximate surface area is 331 Å². The van der Waals surface area contributed by atoms with E-state index >= 15 is 0 Å². The first-order valence-electron chi connectivity index (χ1n) is 18.6. The van der Waals surface area contributed by atoms with Crippen LogP contribution in [0.2, 0.25) is 0 Å². The van der Waals surface area contributed by atoms with E-state index in [0.29, 0.717) is 0 Å². The van der Waals surface area contributed by atoms with E-state index in [0.717, 1.165) is 0 Å². The van der Waals surface area contributed by atoms with Crippen LogP contribution in [0.25, 0.3) is 10.8 Å². The number of benzene rings is 2. The first kappa shape index (κ1) is 44.6. The molecule has 3 aliphatic rings. The van der Waals surface area contributed by atoms with E-state index < -0.39 is 102 Å². The van der Waals surface area contributed by atoms with Crippen molar-refractivity contribution in [3.05, 3.63) is 53.3 Å². The van der Waals surface area contributed by atoms with Crippen LogP contribution < -0.4 is 20.1 Å². The Hall–Kier alpha value is -5.16. The predicted molar refractivity (Wildman–Crippen MR) is 207 cm³/mol. The highest BCUT2D eigenvalue weighted by molar-refractivity contribution is 6.21. The van der Waals surface area contributed by atoms with E-state index in [4.69, 9.17) is 23.7 Å². The van der Waals surface area contributed by atoms with Crippen LogP contribution in [0.15, 0.2) is 42.2 Å². The third kappa shape index (κ3) is 9.36. The molecule has 312 valence electrons. The molecule has 5 bridgehead atoms. The molecule has 16 nitrogen and oxygen atoms in total. The number of phenols is 2. The van der Waals surface area contributed by atoms with Gasteiger partial charge in [-0.2, -0.15) is 0 Å². The number of esters is 1. The molecule has 10 atom stereocenters. The number of ether oxygens (including phenoxy) is 5.